The van der Waals surface area contributed by atoms with Gasteiger partial charge in [0.2, 0.25) is 0 Å². The smallest absolute Gasteiger partial charge is 0.327 e. The molecule has 0 bridgehead atoms. The van der Waals surface area contributed by atoms with Crippen LogP contribution >= 0.6 is 0 Å². The van der Waals surface area contributed by atoms with E-state index in [2.05, 4.69) is 10.1 Å². The third-order valence-electron chi connectivity index (χ3n) is 3.73. The van der Waals surface area contributed by atoms with E-state index in [1.165, 1.54) is 27.7 Å². The first-order valence-corrected chi connectivity index (χ1v) is 6.96. The van der Waals surface area contributed by atoms with Gasteiger partial charge in [0.1, 0.15) is 17.7 Å². The Bertz CT molecular complexity index is 1030. The van der Waals surface area contributed by atoms with Crippen molar-refractivity contribution in [1.29, 1.82) is 5.26 Å². The number of fused-ring (bicyclic) bond motifs is 3. The second-order valence-electron chi connectivity index (χ2n) is 5.52. The SMILES string of the molecule is CC(C)[C@H](C(=O)O)n1ccc2c(cnc3c(C#N)cnn32)c1=O. The van der Waals surface area contributed by atoms with Crippen molar-refractivity contribution in [2.75, 3.05) is 0 Å². The van der Waals surface area contributed by atoms with Crippen molar-refractivity contribution in [3.63, 3.8) is 0 Å². The van der Waals surface area contributed by atoms with E-state index in [9.17, 15) is 14.7 Å². The minimum atomic E-state index is -1.07. The maximum atomic E-state index is 12.7. The highest BCUT2D eigenvalue weighted by Gasteiger charge is 2.25. The van der Waals surface area contributed by atoms with Gasteiger partial charge in [-0.2, -0.15) is 10.4 Å². The summed E-state index contributed by atoms with van der Waals surface area (Å²) < 4.78 is 2.60. The lowest BCUT2D eigenvalue weighted by atomic mass is 10.0. The molecule has 8 nitrogen and oxygen atoms in total. The Morgan fingerprint density at radius 2 is 2.13 bits per heavy atom. The molecule has 0 aliphatic carbocycles. The Morgan fingerprint density at radius 1 is 1.39 bits per heavy atom. The molecule has 0 saturated heterocycles. The Hall–Kier alpha value is -3.21. The van der Waals surface area contributed by atoms with Crippen LogP contribution in [0.4, 0.5) is 0 Å². The van der Waals surface area contributed by atoms with Gasteiger partial charge < -0.3 is 9.67 Å². The maximum absolute atomic E-state index is 12.7. The van der Waals surface area contributed by atoms with E-state index in [4.69, 9.17) is 5.26 Å². The van der Waals surface area contributed by atoms with E-state index in [0.29, 0.717) is 16.7 Å². The number of nitriles is 1. The number of hydrogen-bond acceptors (Lipinski definition) is 5. The molecule has 0 amide bonds. The third-order valence-corrected chi connectivity index (χ3v) is 3.73. The van der Waals surface area contributed by atoms with E-state index >= 15 is 0 Å². The van der Waals surface area contributed by atoms with Crippen LogP contribution in [0.1, 0.15) is 25.5 Å². The van der Waals surface area contributed by atoms with E-state index in [1.54, 1.807) is 19.9 Å². The predicted octanol–water partition coefficient (Wildman–Crippen LogP) is 1.20. The first-order chi connectivity index (χ1) is 11.0. The number of pyridine rings is 1. The number of aromatic nitrogens is 4. The third kappa shape index (κ3) is 2.14. The van der Waals surface area contributed by atoms with Crippen molar-refractivity contribution in [2.45, 2.75) is 19.9 Å². The van der Waals surface area contributed by atoms with Crippen LogP contribution < -0.4 is 5.56 Å². The molecular weight excluding hydrogens is 298 g/mol. The number of aliphatic carboxylic acids is 1. The summed E-state index contributed by atoms with van der Waals surface area (Å²) in [6, 6.07) is 2.63. The minimum Gasteiger partial charge on any atom is -0.480 e. The van der Waals surface area contributed by atoms with Crippen LogP contribution in [0, 0.1) is 17.2 Å². The first kappa shape index (κ1) is 14.7. The average molecular weight is 311 g/mol. The molecule has 1 N–H and O–H groups in total. The molecule has 0 aliphatic heterocycles. The zero-order valence-corrected chi connectivity index (χ0v) is 12.5. The van der Waals surface area contributed by atoms with Crippen LogP contribution in [-0.2, 0) is 4.79 Å². The summed E-state index contributed by atoms with van der Waals surface area (Å²) in [5.74, 6) is -1.32. The van der Waals surface area contributed by atoms with Crippen molar-refractivity contribution in [1.82, 2.24) is 19.2 Å². The summed E-state index contributed by atoms with van der Waals surface area (Å²) in [5, 5.41) is 22.7. The zero-order chi connectivity index (χ0) is 16.7. The lowest BCUT2D eigenvalue weighted by molar-refractivity contribution is -0.142. The zero-order valence-electron chi connectivity index (χ0n) is 12.5. The molecule has 1 atom stereocenters. The topological polar surface area (TPSA) is 113 Å². The van der Waals surface area contributed by atoms with Crippen molar-refractivity contribution < 1.29 is 9.90 Å². The van der Waals surface area contributed by atoms with Gasteiger partial charge in [0.05, 0.1) is 17.1 Å². The Kier molecular flexibility index (Phi) is 3.33. The van der Waals surface area contributed by atoms with Crippen molar-refractivity contribution in [2.24, 2.45) is 5.92 Å². The highest BCUT2D eigenvalue weighted by Crippen LogP contribution is 2.19. The highest BCUT2D eigenvalue weighted by atomic mass is 16.4. The standard InChI is InChI=1S/C15H13N5O3/c1-8(2)12(15(22)23)19-4-3-11-10(14(19)21)7-17-13-9(5-16)6-18-20(11)13/h3-4,6-8,12H,1-2H3,(H,22,23)/t12-/m1/s1. The van der Waals surface area contributed by atoms with Crippen LogP contribution in [0.2, 0.25) is 0 Å². The van der Waals surface area contributed by atoms with E-state index in [-0.39, 0.29) is 11.3 Å². The Balaban J connectivity index is 2.33. The fourth-order valence-corrected chi connectivity index (χ4v) is 2.65. The molecule has 3 heterocycles. The minimum absolute atomic E-state index is 0.250. The van der Waals surface area contributed by atoms with Crippen LogP contribution in [0.3, 0.4) is 0 Å². The molecule has 0 fully saturated rings. The van der Waals surface area contributed by atoms with E-state index < -0.39 is 17.6 Å². The van der Waals surface area contributed by atoms with Gasteiger partial charge in [-0.1, -0.05) is 13.8 Å². The average Bonchev–Trinajstić information content (AvgIpc) is 2.92. The number of hydrogen-bond donors (Lipinski definition) is 1. The van der Waals surface area contributed by atoms with E-state index in [1.807, 2.05) is 6.07 Å². The van der Waals surface area contributed by atoms with Crippen LogP contribution in [0.15, 0.2) is 29.5 Å². The highest BCUT2D eigenvalue weighted by molar-refractivity contribution is 5.81. The number of carboxylic acid groups (broad SMARTS) is 1. The summed E-state index contributed by atoms with van der Waals surface area (Å²) in [6.45, 7) is 3.48. The summed E-state index contributed by atoms with van der Waals surface area (Å²) in [5.41, 5.74) is 0.690. The van der Waals surface area contributed by atoms with Gasteiger partial charge in [-0.25, -0.2) is 14.3 Å². The molecule has 23 heavy (non-hydrogen) atoms. The molecule has 0 saturated carbocycles. The van der Waals surface area contributed by atoms with Gasteiger partial charge in [-0.15, -0.1) is 0 Å². The lowest BCUT2D eigenvalue weighted by Crippen LogP contribution is -2.33. The van der Waals surface area contributed by atoms with Crippen LogP contribution in [-0.4, -0.2) is 30.2 Å². The molecule has 0 spiro atoms. The molecule has 8 heteroatoms. The fraction of sp³-hybridized carbons (Fsp3) is 0.267. The summed E-state index contributed by atoms with van der Waals surface area (Å²) in [4.78, 5) is 28.2. The van der Waals surface area contributed by atoms with Gasteiger partial charge in [0.15, 0.2) is 5.65 Å². The quantitative estimate of drug-likeness (QED) is 0.777. The summed E-state index contributed by atoms with van der Waals surface area (Å²) >= 11 is 0. The van der Waals surface area contributed by atoms with Crippen molar-refractivity contribution in [3.8, 4) is 6.07 Å². The second-order valence-corrected chi connectivity index (χ2v) is 5.52. The maximum Gasteiger partial charge on any atom is 0.327 e. The number of nitrogens with zero attached hydrogens (tertiary/aromatic N) is 5. The summed E-state index contributed by atoms with van der Waals surface area (Å²) in [6.07, 6.45) is 4.17. The predicted molar refractivity (Wildman–Crippen MR) is 81.0 cm³/mol. The van der Waals surface area contributed by atoms with Gasteiger partial charge >= 0.3 is 5.97 Å². The molecule has 0 radical (unpaired) electrons. The molecule has 0 aliphatic rings. The Morgan fingerprint density at radius 3 is 2.74 bits per heavy atom. The van der Waals surface area contributed by atoms with Gasteiger partial charge in [-0.05, 0) is 12.0 Å². The van der Waals surface area contributed by atoms with Gasteiger partial charge in [0, 0.05) is 12.4 Å². The van der Waals surface area contributed by atoms with Gasteiger partial charge in [-0.3, -0.25) is 4.79 Å². The normalized spacial score (nSPS) is 12.6. The largest absolute Gasteiger partial charge is 0.480 e. The molecule has 0 unspecified atom stereocenters. The molecule has 116 valence electrons. The number of rotatable bonds is 3. The first-order valence-electron chi connectivity index (χ1n) is 6.96. The van der Waals surface area contributed by atoms with Crippen molar-refractivity contribution >= 4 is 22.5 Å². The second kappa shape index (κ2) is 5.21. The molecule has 3 aromatic heterocycles. The molecular formula is C15H13N5O3. The Labute approximate surface area is 130 Å². The molecule has 3 aromatic rings. The lowest BCUT2D eigenvalue weighted by Gasteiger charge is -2.19. The van der Waals surface area contributed by atoms with Crippen LogP contribution in [0.25, 0.3) is 16.6 Å². The van der Waals surface area contributed by atoms with E-state index in [0.717, 1.165) is 0 Å². The number of carbonyl (C=O) groups is 1. The van der Waals surface area contributed by atoms with Crippen molar-refractivity contribution in [3.05, 3.63) is 40.6 Å². The monoisotopic (exact) mass is 311 g/mol. The fourth-order valence-electron chi connectivity index (χ4n) is 2.65. The number of carboxylic acids is 1. The van der Waals surface area contributed by atoms with Gasteiger partial charge in [0.25, 0.3) is 5.56 Å². The molecule has 0 aromatic carbocycles. The molecule has 3 rings (SSSR count). The van der Waals surface area contributed by atoms with Crippen LogP contribution in [0.5, 0.6) is 0 Å². The summed E-state index contributed by atoms with van der Waals surface area (Å²) in [7, 11) is 0.